The van der Waals surface area contributed by atoms with Crippen molar-refractivity contribution >= 4 is 30.1 Å². The predicted molar refractivity (Wildman–Crippen MR) is 157 cm³/mol. The van der Waals surface area contributed by atoms with Gasteiger partial charge >= 0.3 is 0 Å². The van der Waals surface area contributed by atoms with Gasteiger partial charge in [-0.2, -0.15) is 0 Å². The van der Waals surface area contributed by atoms with Crippen molar-refractivity contribution < 1.29 is 19.1 Å². The van der Waals surface area contributed by atoms with Gasteiger partial charge in [-0.1, -0.05) is 57.6 Å². The summed E-state index contributed by atoms with van der Waals surface area (Å²) in [5.74, 6) is 0.811. The molecule has 1 aliphatic carbocycles. The Morgan fingerprint density at radius 2 is 1.68 bits per heavy atom. The smallest absolute Gasteiger partial charge is 0.254 e. The number of nitrogens with one attached hydrogen (secondary N) is 1. The summed E-state index contributed by atoms with van der Waals surface area (Å²) in [5, 5.41) is 3.20. The highest BCUT2D eigenvalue weighted by atomic mass is 35.5. The summed E-state index contributed by atoms with van der Waals surface area (Å²) < 4.78 is 5.36. The number of hydrogen-bond acceptors (Lipinski definition) is 5. The van der Waals surface area contributed by atoms with Crippen LogP contribution in [-0.4, -0.2) is 89.9 Å². The summed E-state index contributed by atoms with van der Waals surface area (Å²) in [6.07, 6.45) is 10.2. The first-order valence-electron chi connectivity index (χ1n) is 15.3. The lowest BCUT2D eigenvalue weighted by atomic mass is 9.79. The highest BCUT2D eigenvalue weighted by molar-refractivity contribution is 6.00. The van der Waals surface area contributed by atoms with E-state index in [1.165, 1.54) is 32.1 Å². The highest BCUT2D eigenvalue weighted by Gasteiger charge is 2.53. The fourth-order valence-corrected chi connectivity index (χ4v) is 6.97. The second-order valence-electron chi connectivity index (χ2n) is 12.0. The molecule has 1 saturated carbocycles. The molecule has 1 atom stereocenters. The van der Waals surface area contributed by atoms with Gasteiger partial charge in [0.15, 0.2) is 0 Å². The minimum absolute atomic E-state index is 0. The molecule has 0 aromatic heterocycles. The van der Waals surface area contributed by atoms with Crippen LogP contribution in [0.4, 0.5) is 0 Å². The third-order valence-electron chi connectivity index (χ3n) is 9.43. The number of carbonyl (C=O) groups is 3. The predicted octanol–water partition coefficient (Wildman–Crippen LogP) is 4.01. The van der Waals surface area contributed by atoms with Crippen LogP contribution in [0.3, 0.4) is 0 Å². The van der Waals surface area contributed by atoms with Crippen LogP contribution >= 0.6 is 12.4 Å². The zero-order valence-corrected chi connectivity index (χ0v) is 24.9. The molecular formula is C31H47ClN4O4. The van der Waals surface area contributed by atoms with Gasteiger partial charge in [0.1, 0.15) is 11.6 Å². The fourth-order valence-electron chi connectivity index (χ4n) is 6.97. The highest BCUT2D eigenvalue weighted by Crippen LogP contribution is 2.36. The molecule has 4 aliphatic rings. The van der Waals surface area contributed by atoms with Crippen LogP contribution < -0.4 is 5.32 Å². The van der Waals surface area contributed by atoms with Crippen molar-refractivity contribution in [2.24, 2.45) is 5.92 Å². The lowest BCUT2D eigenvalue weighted by molar-refractivity contribution is -0.162. The number of piperazine rings is 1. The van der Waals surface area contributed by atoms with E-state index in [1.807, 2.05) is 34.1 Å². The molecule has 8 nitrogen and oxygen atoms in total. The van der Waals surface area contributed by atoms with Gasteiger partial charge in [0.25, 0.3) is 5.91 Å². The molecule has 3 aliphatic heterocycles. The SMILES string of the molecule is CCCCN1C(=O)[C@H](CC2CCCCC2)NC(=O)C12CCN(Cc1ccc(C(=O)N3CCOCC3)cc1)CC2.Cl. The van der Waals surface area contributed by atoms with E-state index in [2.05, 4.69) is 17.1 Å². The van der Waals surface area contributed by atoms with E-state index < -0.39 is 5.54 Å². The molecule has 222 valence electrons. The van der Waals surface area contributed by atoms with Crippen molar-refractivity contribution in [1.29, 1.82) is 0 Å². The first kappa shape index (κ1) is 30.8. The zero-order chi connectivity index (χ0) is 27.2. The number of hydrogen-bond donors (Lipinski definition) is 1. The first-order chi connectivity index (χ1) is 19.0. The molecule has 1 spiro atoms. The molecule has 0 radical (unpaired) electrons. The summed E-state index contributed by atoms with van der Waals surface area (Å²) in [6.45, 7) is 7.60. The van der Waals surface area contributed by atoms with Crippen LogP contribution in [0.25, 0.3) is 0 Å². The first-order valence-corrected chi connectivity index (χ1v) is 15.3. The molecule has 3 saturated heterocycles. The van der Waals surface area contributed by atoms with Crippen LogP contribution in [-0.2, 0) is 20.9 Å². The Hall–Kier alpha value is -2.16. The summed E-state index contributed by atoms with van der Waals surface area (Å²) in [6, 6.07) is 7.56. The van der Waals surface area contributed by atoms with Crippen LogP contribution in [0.2, 0.25) is 0 Å². The Balaban J connectivity index is 0.00000370. The fraction of sp³-hybridized carbons (Fsp3) is 0.710. The van der Waals surface area contributed by atoms with E-state index in [1.54, 1.807) is 0 Å². The van der Waals surface area contributed by atoms with Gasteiger partial charge < -0.3 is 19.9 Å². The minimum atomic E-state index is -0.722. The maximum absolute atomic E-state index is 13.8. The number of benzene rings is 1. The number of likely N-dealkylation sites (tertiary alicyclic amines) is 1. The molecule has 3 amide bonds. The van der Waals surface area contributed by atoms with Gasteiger partial charge in [-0.3, -0.25) is 19.3 Å². The van der Waals surface area contributed by atoms with Crippen LogP contribution in [0, 0.1) is 5.92 Å². The molecule has 3 heterocycles. The third kappa shape index (κ3) is 6.82. The van der Waals surface area contributed by atoms with E-state index in [0.717, 1.165) is 44.5 Å². The maximum Gasteiger partial charge on any atom is 0.254 e. The van der Waals surface area contributed by atoms with Crippen molar-refractivity contribution in [3.8, 4) is 0 Å². The Labute approximate surface area is 245 Å². The number of rotatable bonds is 8. The van der Waals surface area contributed by atoms with E-state index in [-0.39, 0.29) is 36.2 Å². The third-order valence-corrected chi connectivity index (χ3v) is 9.43. The lowest BCUT2D eigenvalue weighted by Crippen LogP contribution is -2.73. The Morgan fingerprint density at radius 3 is 2.33 bits per heavy atom. The van der Waals surface area contributed by atoms with Crippen LogP contribution in [0.1, 0.15) is 87.1 Å². The number of unbranched alkanes of at least 4 members (excludes halogenated alkanes) is 1. The number of piperidine rings is 1. The Kier molecular flexibility index (Phi) is 10.9. The van der Waals surface area contributed by atoms with Crippen LogP contribution in [0.15, 0.2) is 24.3 Å². The van der Waals surface area contributed by atoms with Crippen LogP contribution in [0.5, 0.6) is 0 Å². The number of carbonyl (C=O) groups excluding carboxylic acids is 3. The molecule has 1 aromatic carbocycles. The minimum Gasteiger partial charge on any atom is -0.378 e. The number of ether oxygens (including phenoxy) is 1. The molecule has 0 unspecified atom stereocenters. The Bertz CT molecular complexity index is 999. The number of halogens is 1. The van der Waals surface area contributed by atoms with Gasteiger partial charge in [-0.25, -0.2) is 0 Å². The molecule has 1 N–H and O–H groups in total. The molecular weight excluding hydrogens is 528 g/mol. The number of morpholine rings is 1. The molecule has 9 heteroatoms. The Morgan fingerprint density at radius 1 is 1.00 bits per heavy atom. The summed E-state index contributed by atoms with van der Waals surface area (Å²) >= 11 is 0. The number of nitrogens with zero attached hydrogens (tertiary/aromatic N) is 3. The van der Waals surface area contributed by atoms with Gasteiger partial charge in [-0.05, 0) is 49.3 Å². The topological polar surface area (TPSA) is 82.2 Å². The van der Waals surface area contributed by atoms with Crippen molar-refractivity contribution in [3.05, 3.63) is 35.4 Å². The summed E-state index contributed by atoms with van der Waals surface area (Å²) in [7, 11) is 0. The van der Waals surface area contributed by atoms with Crippen molar-refractivity contribution in [2.45, 2.75) is 89.3 Å². The lowest BCUT2D eigenvalue weighted by Gasteiger charge is -2.52. The maximum atomic E-state index is 13.8. The molecule has 0 bridgehead atoms. The molecule has 40 heavy (non-hydrogen) atoms. The molecule has 5 rings (SSSR count). The largest absolute Gasteiger partial charge is 0.378 e. The number of amides is 3. The average molecular weight is 575 g/mol. The molecule has 1 aromatic rings. The monoisotopic (exact) mass is 574 g/mol. The quantitative estimate of drug-likeness (QED) is 0.507. The van der Waals surface area contributed by atoms with Gasteiger partial charge in [0.2, 0.25) is 11.8 Å². The standard InChI is InChI=1S/C31H46N4O4.ClH/c1-2-3-15-35-29(37)27(22-24-7-5-4-6-8-24)32-30(38)31(35)13-16-33(17-14-31)23-25-9-11-26(12-10-25)28(36)34-18-20-39-21-19-34;/h9-12,24,27H,2-8,13-23H2,1H3,(H,32,38);1H/t27-;/m0./s1. The van der Waals surface area contributed by atoms with Gasteiger partial charge in [-0.15, -0.1) is 12.4 Å². The second kappa shape index (κ2) is 14.1. The molecule has 4 fully saturated rings. The van der Waals surface area contributed by atoms with Gasteiger partial charge in [0.05, 0.1) is 13.2 Å². The van der Waals surface area contributed by atoms with Crippen molar-refractivity contribution in [3.63, 3.8) is 0 Å². The van der Waals surface area contributed by atoms with E-state index >= 15 is 0 Å². The normalized spacial score (nSPS) is 24.1. The second-order valence-corrected chi connectivity index (χ2v) is 12.0. The summed E-state index contributed by atoms with van der Waals surface area (Å²) in [5.41, 5.74) is 1.15. The summed E-state index contributed by atoms with van der Waals surface area (Å²) in [4.78, 5) is 46.4. The van der Waals surface area contributed by atoms with Gasteiger partial charge in [0, 0.05) is 44.8 Å². The zero-order valence-electron chi connectivity index (χ0n) is 24.1. The van der Waals surface area contributed by atoms with E-state index in [9.17, 15) is 14.4 Å². The van der Waals surface area contributed by atoms with Crippen molar-refractivity contribution in [2.75, 3.05) is 45.9 Å². The van der Waals surface area contributed by atoms with E-state index in [0.29, 0.717) is 57.2 Å². The van der Waals surface area contributed by atoms with Crippen molar-refractivity contribution in [1.82, 2.24) is 20.0 Å². The van der Waals surface area contributed by atoms with E-state index in [4.69, 9.17) is 4.74 Å². The average Bonchev–Trinajstić information content (AvgIpc) is 2.98.